The first-order valence-electron chi connectivity index (χ1n) is 7.33. The van der Waals surface area contributed by atoms with Gasteiger partial charge in [0.25, 0.3) is 0 Å². The molecule has 1 aliphatic rings. The van der Waals surface area contributed by atoms with Gasteiger partial charge in [-0.3, -0.25) is 0 Å². The second-order valence-corrected chi connectivity index (χ2v) is 5.21. The van der Waals surface area contributed by atoms with Crippen molar-refractivity contribution in [2.24, 2.45) is 0 Å². The van der Waals surface area contributed by atoms with Crippen molar-refractivity contribution in [2.75, 3.05) is 6.61 Å². The molecule has 2 aromatic carbocycles. The minimum Gasteiger partial charge on any atom is -1.00 e. The standard InChI is InChI=1S/C18H17N2O.ClH/c1-3-8-15(9-4-1)17-14-18-19(12-7-13-21-18)20(17)16-10-5-2-6-11-16;/h1-6,8-11,14H,7,12-13H2;1H/q+1;/p-1. The second-order valence-electron chi connectivity index (χ2n) is 5.21. The Bertz CT molecular complexity index is 754. The molecular weight excluding hydrogens is 296 g/mol. The van der Waals surface area contributed by atoms with Crippen LogP contribution in [0, 0.1) is 0 Å². The third kappa shape index (κ3) is 2.48. The van der Waals surface area contributed by atoms with Crippen LogP contribution in [0.15, 0.2) is 66.7 Å². The van der Waals surface area contributed by atoms with Crippen molar-refractivity contribution in [3.63, 3.8) is 0 Å². The molecule has 0 atom stereocenters. The van der Waals surface area contributed by atoms with E-state index in [0.29, 0.717) is 0 Å². The Labute approximate surface area is 136 Å². The van der Waals surface area contributed by atoms with Gasteiger partial charge in [-0.25, -0.2) is 0 Å². The molecule has 0 aliphatic carbocycles. The van der Waals surface area contributed by atoms with E-state index in [2.05, 4.69) is 64.0 Å². The van der Waals surface area contributed by atoms with Crippen LogP contribution >= 0.6 is 0 Å². The summed E-state index contributed by atoms with van der Waals surface area (Å²) in [7, 11) is 0. The van der Waals surface area contributed by atoms with E-state index in [9.17, 15) is 0 Å². The number of fused-ring (bicyclic) bond motifs is 1. The van der Waals surface area contributed by atoms with Crippen LogP contribution in [0.25, 0.3) is 16.9 Å². The van der Waals surface area contributed by atoms with Gasteiger partial charge in [0, 0.05) is 12.0 Å². The van der Waals surface area contributed by atoms with Gasteiger partial charge in [0.2, 0.25) is 0 Å². The number of hydrogen-bond donors (Lipinski definition) is 0. The Morgan fingerprint density at radius 2 is 1.59 bits per heavy atom. The van der Waals surface area contributed by atoms with E-state index in [1.54, 1.807) is 0 Å². The highest BCUT2D eigenvalue weighted by Gasteiger charge is 2.28. The van der Waals surface area contributed by atoms with E-state index in [1.807, 2.05) is 12.1 Å². The summed E-state index contributed by atoms with van der Waals surface area (Å²) < 4.78 is 10.3. The molecule has 0 unspecified atom stereocenters. The van der Waals surface area contributed by atoms with Crippen LogP contribution in [0.3, 0.4) is 0 Å². The molecule has 3 nitrogen and oxygen atoms in total. The number of nitrogens with zero attached hydrogens (tertiary/aromatic N) is 2. The molecule has 0 N–H and O–H groups in total. The molecule has 0 radical (unpaired) electrons. The summed E-state index contributed by atoms with van der Waals surface area (Å²) in [5.74, 6) is 0.948. The van der Waals surface area contributed by atoms with Crippen molar-refractivity contribution < 1.29 is 21.8 Å². The van der Waals surface area contributed by atoms with Crippen molar-refractivity contribution in [2.45, 2.75) is 13.0 Å². The molecule has 2 heterocycles. The smallest absolute Gasteiger partial charge is 0.394 e. The summed E-state index contributed by atoms with van der Waals surface area (Å²) in [4.78, 5) is 0. The minimum atomic E-state index is 0. The van der Waals surface area contributed by atoms with Gasteiger partial charge in [0.1, 0.15) is 18.0 Å². The predicted molar refractivity (Wildman–Crippen MR) is 81.5 cm³/mol. The summed E-state index contributed by atoms with van der Waals surface area (Å²) in [5.41, 5.74) is 3.53. The highest BCUT2D eigenvalue weighted by atomic mass is 35.5. The van der Waals surface area contributed by atoms with Crippen molar-refractivity contribution in [3.8, 4) is 22.8 Å². The van der Waals surface area contributed by atoms with E-state index in [0.717, 1.165) is 31.1 Å². The van der Waals surface area contributed by atoms with Gasteiger partial charge in [-0.15, -0.1) is 4.68 Å². The van der Waals surface area contributed by atoms with Crippen molar-refractivity contribution in [1.29, 1.82) is 0 Å². The molecule has 22 heavy (non-hydrogen) atoms. The maximum absolute atomic E-state index is 5.83. The predicted octanol–water partition coefficient (Wildman–Crippen LogP) is 0.218. The third-order valence-corrected chi connectivity index (χ3v) is 3.82. The number of hydrogen-bond acceptors (Lipinski definition) is 1. The average molecular weight is 313 g/mol. The summed E-state index contributed by atoms with van der Waals surface area (Å²) >= 11 is 0. The fourth-order valence-corrected chi connectivity index (χ4v) is 2.86. The lowest BCUT2D eigenvalue weighted by molar-refractivity contribution is -0.776. The number of ether oxygens (including phenoxy) is 1. The molecule has 0 spiro atoms. The zero-order valence-electron chi connectivity index (χ0n) is 12.2. The minimum absolute atomic E-state index is 0. The van der Waals surface area contributed by atoms with Crippen LogP contribution in [0.5, 0.6) is 5.88 Å². The Morgan fingerprint density at radius 1 is 0.909 bits per heavy atom. The van der Waals surface area contributed by atoms with E-state index in [1.165, 1.54) is 11.3 Å². The first-order valence-corrected chi connectivity index (χ1v) is 7.33. The Kier molecular flexibility index (Phi) is 4.16. The fourth-order valence-electron chi connectivity index (χ4n) is 2.86. The molecule has 4 rings (SSSR count). The van der Waals surface area contributed by atoms with Gasteiger partial charge in [0.05, 0.1) is 6.07 Å². The van der Waals surface area contributed by atoms with E-state index >= 15 is 0 Å². The molecule has 4 heteroatoms. The van der Waals surface area contributed by atoms with Gasteiger partial charge in [-0.05, 0) is 12.1 Å². The first kappa shape index (κ1) is 14.7. The number of rotatable bonds is 2. The third-order valence-electron chi connectivity index (χ3n) is 3.82. The van der Waals surface area contributed by atoms with E-state index in [-0.39, 0.29) is 12.4 Å². The Morgan fingerprint density at radius 3 is 2.32 bits per heavy atom. The highest BCUT2D eigenvalue weighted by molar-refractivity contribution is 5.62. The summed E-state index contributed by atoms with van der Waals surface area (Å²) in [6, 6.07) is 23.1. The normalized spacial score (nSPS) is 12.9. The molecule has 0 amide bonds. The quantitative estimate of drug-likeness (QED) is 0.619. The molecular formula is C18H17ClN2O. The number of aromatic nitrogens is 2. The van der Waals surface area contributed by atoms with Crippen LogP contribution < -0.4 is 21.8 Å². The highest BCUT2D eigenvalue weighted by Crippen LogP contribution is 2.27. The molecule has 0 fully saturated rings. The number of benzene rings is 2. The molecule has 0 saturated carbocycles. The average Bonchev–Trinajstić information content (AvgIpc) is 2.96. The molecule has 0 saturated heterocycles. The van der Waals surface area contributed by atoms with Crippen molar-refractivity contribution in [1.82, 2.24) is 4.68 Å². The van der Waals surface area contributed by atoms with Gasteiger partial charge in [-0.2, -0.15) is 0 Å². The van der Waals surface area contributed by atoms with Gasteiger partial charge < -0.3 is 17.1 Å². The van der Waals surface area contributed by atoms with Crippen molar-refractivity contribution >= 4 is 0 Å². The Hall–Kier alpha value is -2.26. The lowest BCUT2D eigenvalue weighted by atomic mass is 10.1. The van der Waals surface area contributed by atoms with Crippen LogP contribution in [0.1, 0.15) is 6.42 Å². The van der Waals surface area contributed by atoms with Crippen LogP contribution in [-0.2, 0) is 6.54 Å². The zero-order valence-corrected chi connectivity index (χ0v) is 12.9. The van der Waals surface area contributed by atoms with Gasteiger partial charge in [0.15, 0.2) is 6.54 Å². The van der Waals surface area contributed by atoms with Crippen LogP contribution in [0.4, 0.5) is 0 Å². The molecule has 0 bridgehead atoms. The van der Waals surface area contributed by atoms with Gasteiger partial charge in [-0.1, -0.05) is 53.2 Å². The molecule has 112 valence electrons. The lowest BCUT2D eigenvalue weighted by Gasteiger charge is -2.11. The Balaban J connectivity index is 0.00000144. The first-order chi connectivity index (χ1) is 10.4. The SMILES string of the molecule is [Cl-].c1ccc(-c2cc3[n+](n2-c2ccccc2)CCCO3)cc1. The topological polar surface area (TPSA) is 18.0 Å². The van der Waals surface area contributed by atoms with E-state index < -0.39 is 0 Å². The largest absolute Gasteiger partial charge is 1.00 e. The molecule has 3 aromatic rings. The van der Waals surface area contributed by atoms with Gasteiger partial charge >= 0.3 is 5.88 Å². The van der Waals surface area contributed by atoms with Crippen LogP contribution in [0.2, 0.25) is 0 Å². The fraction of sp³-hybridized carbons (Fsp3) is 0.167. The summed E-state index contributed by atoms with van der Waals surface area (Å²) in [6.07, 6.45) is 1.04. The lowest BCUT2D eigenvalue weighted by Crippen LogP contribution is -3.00. The zero-order chi connectivity index (χ0) is 14.1. The maximum Gasteiger partial charge on any atom is 0.394 e. The van der Waals surface area contributed by atoms with Crippen molar-refractivity contribution in [3.05, 3.63) is 66.7 Å². The number of halogens is 1. The molecule has 1 aliphatic heterocycles. The monoisotopic (exact) mass is 312 g/mol. The second kappa shape index (κ2) is 6.24. The molecule has 1 aromatic heterocycles. The summed E-state index contributed by atoms with van der Waals surface area (Å²) in [6.45, 7) is 1.78. The number of para-hydroxylation sites is 1. The van der Waals surface area contributed by atoms with Crippen LogP contribution in [-0.4, -0.2) is 11.3 Å². The summed E-state index contributed by atoms with van der Waals surface area (Å²) in [5, 5.41) is 0. The maximum atomic E-state index is 5.83. The van der Waals surface area contributed by atoms with E-state index in [4.69, 9.17) is 4.74 Å².